The highest BCUT2D eigenvalue weighted by Crippen LogP contribution is 2.23. The standard InChI is InChI=1S/C28H29N3O5/c1-35-23-16-14-22(15-17-23)29-27(33)25(21-11-6-3-7-12-21)30-26(32)24-13-8-18-31(24)28(34)36-19-20-9-4-2-5-10-20/h2-7,9-12,14-17,24-25H,8,13,18-19H2,1H3,(H,29,33)(H,30,32)/t24-,25-/m0/s1. The van der Waals surface area contributed by atoms with Crippen molar-refractivity contribution in [3.05, 3.63) is 96.1 Å². The van der Waals surface area contributed by atoms with Crippen LogP contribution in [0, 0.1) is 0 Å². The summed E-state index contributed by atoms with van der Waals surface area (Å²) in [7, 11) is 1.57. The summed E-state index contributed by atoms with van der Waals surface area (Å²) in [6, 6.07) is 23.6. The molecule has 1 aliphatic heterocycles. The first-order valence-corrected chi connectivity index (χ1v) is 11.8. The van der Waals surface area contributed by atoms with Crippen molar-refractivity contribution in [3.63, 3.8) is 0 Å². The van der Waals surface area contributed by atoms with Gasteiger partial charge in [-0.1, -0.05) is 60.7 Å². The lowest BCUT2D eigenvalue weighted by molar-refractivity contribution is -0.129. The van der Waals surface area contributed by atoms with E-state index >= 15 is 0 Å². The van der Waals surface area contributed by atoms with Crippen molar-refractivity contribution in [2.24, 2.45) is 0 Å². The lowest BCUT2D eigenvalue weighted by Gasteiger charge is -2.26. The fourth-order valence-electron chi connectivity index (χ4n) is 4.13. The second kappa shape index (κ2) is 11.9. The number of ether oxygens (including phenoxy) is 2. The van der Waals surface area contributed by atoms with Gasteiger partial charge in [0.2, 0.25) is 5.91 Å². The molecule has 3 aromatic carbocycles. The maximum absolute atomic E-state index is 13.3. The molecule has 4 rings (SSSR count). The number of amides is 3. The van der Waals surface area contributed by atoms with Crippen LogP contribution >= 0.6 is 0 Å². The molecule has 3 aromatic rings. The fraction of sp³-hybridized carbons (Fsp3) is 0.250. The molecule has 1 heterocycles. The summed E-state index contributed by atoms with van der Waals surface area (Å²) in [6.07, 6.45) is 0.621. The Kier molecular flexibility index (Phi) is 8.18. The van der Waals surface area contributed by atoms with Gasteiger partial charge in [-0.05, 0) is 48.2 Å². The van der Waals surface area contributed by atoms with Gasteiger partial charge in [-0.25, -0.2) is 4.79 Å². The average Bonchev–Trinajstić information content (AvgIpc) is 3.42. The van der Waals surface area contributed by atoms with Gasteiger partial charge in [0.15, 0.2) is 0 Å². The van der Waals surface area contributed by atoms with Crippen LogP contribution in [0.25, 0.3) is 0 Å². The van der Waals surface area contributed by atoms with Gasteiger partial charge in [0.05, 0.1) is 7.11 Å². The minimum absolute atomic E-state index is 0.126. The molecule has 1 aliphatic rings. The van der Waals surface area contributed by atoms with Crippen LogP contribution in [0.4, 0.5) is 10.5 Å². The number of benzene rings is 3. The predicted octanol–water partition coefficient (Wildman–Crippen LogP) is 4.29. The van der Waals surface area contributed by atoms with Crippen molar-refractivity contribution in [2.75, 3.05) is 19.0 Å². The number of carbonyl (C=O) groups excluding carboxylic acids is 3. The largest absolute Gasteiger partial charge is 0.497 e. The molecule has 8 nitrogen and oxygen atoms in total. The van der Waals surface area contributed by atoms with E-state index in [9.17, 15) is 14.4 Å². The van der Waals surface area contributed by atoms with E-state index in [0.29, 0.717) is 36.4 Å². The van der Waals surface area contributed by atoms with Gasteiger partial charge in [0.1, 0.15) is 24.4 Å². The van der Waals surface area contributed by atoms with E-state index in [1.54, 1.807) is 55.6 Å². The summed E-state index contributed by atoms with van der Waals surface area (Å²) < 4.78 is 10.6. The van der Waals surface area contributed by atoms with Crippen LogP contribution in [-0.4, -0.2) is 42.5 Å². The Morgan fingerprint density at radius 3 is 2.28 bits per heavy atom. The van der Waals surface area contributed by atoms with Crippen molar-refractivity contribution in [2.45, 2.75) is 31.5 Å². The monoisotopic (exact) mass is 487 g/mol. The zero-order chi connectivity index (χ0) is 25.3. The highest BCUT2D eigenvalue weighted by atomic mass is 16.6. The zero-order valence-corrected chi connectivity index (χ0v) is 20.1. The second-order valence-electron chi connectivity index (χ2n) is 8.46. The summed E-state index contributed by atoms with van der Waals surface area (Å²) in [6.45, 7) is 0.543. The minimum Gasteiger partial charge on any atom is -0.497 e. The number of nitrogens with one attached hydrogen (secondary N) is 2. The Morgan fingerprint density at radius 1 is 0.944 bits per heavy atom. The number of likely N-dealkylation sites (tertiary alicyclic amines) is 1. The number of hydrogen-bond donors (Lipinski definition) is 2. The van der Waals surface area contributed by atoms with E-state index in [1.807, 2.05) is 36.4 Å². The topological polar surface area (TPSA) is 97.0 Å². The van der Waals surface area contributed by atoms with Crippen LogP contribution in [0.2, 0.25) is 0 Å². The molecule has 2 atom stereocenters. The number of hydrogen-bond acceptors (Lipinski definition) is 5. The lowest BCUT2D eigenvalue weighted by Crippen LogP contribution is -2.48. The summed E-state index contributed by atoms with van der Waals surface area (Å²) in [5.74, 6) is -0.125. The van der Waals surface area contributed by atoms with Gasteiger partial charge in [-0.2, -0.15) is 0 Å². The summed E-state index contributed by atoms with van der Waals surface area (Å²) in [4.78, 5) is 40.7. The molecule has 0 aliphatic carbocycles. The number of anilines is 1. The van der Waals surface area contributed by atoms with Crippen molar-refractivity contribution < 1.29 is 23.9 Å². The zero-order valence-electron chi connectivity index (χ0n) is 20.1. The van der Waals surface area contributed by atoms with Gasteiger partial charge in [0, 0.05) is 12.2 Å². The van der Waals surface area contributed by atoms with Crippen LogP contribution in [0.1, 0.15) is 30.0 Å². The van der Waals surface area contributed by atoms with E-state index in [1.165, 1.54) is 4.90 Å². The summed E-state index contributed by atoms with van der Waals surface area (Å²) in [5, 5.41) is 5.70. The first-order chi connectivity index (χ1) is 17.5. The molecule has 2 N–H and O–H groups in total. The number of methoxy groups -OCH3 is 1. The van der Waals surface area contributed by atoms with Crippen LogP contribution in [0.15, 0.2) is 84.9 Å². The van der Waals surface area contributed by atoms with Crippen molar-refractivity contribution in [1.29, 1.82) is 0 Å². The molecule has 0 unspecified atom stereocenters. The molecule has 36 heavy (non-hydrogen) atoms. The molecule has 1 saturated heterocycles. The van der Waals surface area contributed by atoms with E-state index in [-0.39, 0.29) is 6.61 Å². The average molecular weight is 488 g/mol. The Hall–Kier alpha value is -4.33. The summed E-state index contributed by atoms with van der Waals surface area (Å²) >= 11 is 0. The Balaban J connectivity index is 1.44. The van der Waals surface area contributed by atoms with Crippen LogP contribution in [-0.2, 0) is 20.9 Å². The third kappa shape index (κ3) is 6.21. The summed E-state index contributed by atoms with van der Waals surface area (Å²) in [5.41, 5.74) is 2.07. The molecule has 3 amide bonds. The molecular formula is C28H29N3O5. The Bertz CT molecular complexity index is 1170. The highest BCUT2D eigenvalue weighted by Gasteiger charge is 2.37. The number of rotatable bonds is 8. The first-order valence-electron chi connectivity index (χ1n) is 11.8. The Labute approximate surface area is 210 Å². The molecular weight excluding hydrogens is 458 g/mol. The van der Waals surface area contributed by atoms with Gasteiger partial charge in [-0.15, -0.1) is 0 Å². The van der Waals surface area contributed by atoms with Gasteiger partial charge in [0.25, 0.3) is 5.91 Å². The smallest absolute Gasteiger partial charge is 0.410 e. The van der Waals surface area contributed by atoms with E-state index in [2.05, 4.69) is 10.6 Å². The molecule has 0 spiro atoms. The predicted molar refractivity (Wildman–Crippen MR) is 135 cm³/mol. The van der Waals surface area contributed by atoms with Gasteiger partial charge >= 0.3 is 6.09 Å². The normalized spacial score (nSPS) is 15.6. The Morgan fingerprint density at radius 2 is 1.61 bits per heavy atom. The fourth-order valence-corrected chi connectivity index (χ4v) is 4.13. The van der Waals surface area contributed by atoms with Gasteiger partial charge in [-0.3, -0.25) is 14.5 Å². The SMILES string of the molecule is COc1ccc(NC(=O)[C@@H](NC(=O)[C@@H]2CCCN2C(=O)OCc2ccccc2)c2ccccc2)cc1. The molecule has 0 bridgehead atoms. The molecule has 0 aromatic heterocycles. The molecule has 0 radical (unpaired) electrons. The van der Waals surface area contributed by atoms with Crippen LogP contribution < -0.4 is 15.4 Å². The number of carbonyl (C=O) groups is 3. The lowest BCUT2D eigenvalue weighted by atomic mass is 10.0. The van der Waals surface area contributed by atoms with Gasteiger partial charge < -0.3 is 20.1 Å². The van der Waals surface area contributed by atoms with Crippen LogP contribution in [0.5, 0.6) is 5.75 Å². The van der Waals surface area contributed by atoms with E-state index in [4.69, 9.17) is 9.47 Å². The maximum Gasteiger partial charge on any atom is 0.410 e. The third-order valence-corrected chi connectivity index (χ3v) is 6.03. The molecule has 0 saturated carbocycles. The van der Waals surface area contributed by atoms with Crippen molar-refractivity contribution in [3.8, 4) is 5.75 Å². The van der Waals surface area contributed by atoms with Crippen molar-refractivity contribution >= 4 is 23.6 Å². The van der Waals surface area contributed by atoms with E-state index in [0.717, 1.165) is 5.56 Å². The second-order valence-corrected chi connectivity index (χ2v) is 8.46. The van der Waals surface area contributed by atoms with E-state index < -0.39 is 30.0 Å². The minimum atomic E-state index is -0.941. The third-order valence-electron chi connectivity index (χ3n) is 6.03. The molecule has 1 fully saturated rings. The molecule has 186 valence electrons. The maximum atomic E-state index is 13.3. The first kappa shape index (κ1) is 24.8. The molecule has 8 heteroatoms. The quantitative estimate of drug-likeness (QED) is 0.494. The number of nitrogens with zero attached hydrogens (tertiary/aromatic N) is 1. The van der Waals surface area contributed by atoms with Crippen LogP contribution in [0.3, 0.4) is 0 Å². The van der Waals surface area contributed by atoms with Crippen molar-refractivity contribution in [1.82, 2.24) is 10.2 Å². The highest BCUT2D eigenvalue weighted by molar-refractivity contribution is 5.99.